The third kappa shape index (κ3) is 3.48. The standard InChI is InChI=1S/C16H29F2N/c1-11(2)7-14-5-6-19(10-16(14,17)18)15-8-13(9-15)12(3)4/h11-15H,5-10H2,1-4H3. The Bertz CT molecular complexity index is 295. The highest BCUT2D eigenvalue weighted by Gasteiger charge is 2.47. The third-order valence-corrected chi connectivity index (χ3v) is 5.14. The third-order valence-electron chi connectivity index (χ3n) is 5.14. The van der Waals surface area contributed by atoms with Crippen molar-refractivity contribution in [3.05, 3.63) is 0 Å². The second-order valence-electron chi connectivity index (χ2n) is 7.48. The molecule has 1 saturated carbocycles. The van der Waals surface area contributed by atoms with E-state index in [0.29, 0.717) is 30.7 Å². The Morgan fingerprint density at radius 3 is 2.26 bits per heavy atom. The number of nitrogens with zero attached hydrogens (tertiary/aromatic N) is 1. The van der Waals surface area contributed by atoms with E-state index >= 15 is 0 Å². The van der Waals surface area contributed by atoms with E-state index in [1.54, 1.807) is 0 Å². The average Bonchev–Trinajstić information content (AvgIpc) is 2.18. The molecule has 112 valence electrons. The largest absolute Gasteiger partial charge is 0.294 e. The van der Waals surface area contributed by atoms with Crippen molar-refractivity contribution in [2.45, 2.75) is 65.3 Å². The molecule has 3 heteroatoms. The van der Waals surface area contributed by atoms with Crippen molar-refractivity contribution in [3.8, 4) is 0 Å². The molecule has 1 saturated heterocycles. The van der Waals surface area contributed by atoms with Crippen LogP contribution in [0.2, 0.25) is 0 Å². The summed E-state index contributed by atoms with van der Waals surface area (Å²) in [4.78, 5) is 2.07. The van der Waals surface area contributed by atoms with E-state index < -0.39 is 11.8 Å². The fraction of sp³-hybridized carbons (Fsp3) is 1.00. The van der Waals surface area contributed by atoms with E-state index in [1.807, 2.05) is 13.8 Å². The molecule has 1 aliphatic heterocycles. The molecular weight excluding hydrogens is 244 g/mol. The highest BCUT2D eigenvalue weighted by molar-refractivity contribution is 4.95. The van der Waals surface area contributed by atoms with Gasteiger partial charge in [-0.25, -0.2) is 8.78 Å². The van der Waals surface area contributed by atoms with Crippen molar-refractivity contribution in [1.29, 1.82) is 0 Å². The number of hydrogen-bond acceptors (Lipinski definition) is 1. The number of halogens is 2. The van der Waals surface area contributed by atoms with Gasteiger partial charge in [0.1, 0.15) is 0 Å². The molecule has 0 N–H and O–H groups in total. The molecule has 1 heterocycles. The molecule has 2 fully saturated rings. The lowest BCUT2D eigenvalue weighted by Gasteiger charge is -2.49. The summed E-state index contributed by atoms with van der Waals surface area (Å²) in [6.45, 7) is 9.44. The van der Waals surface area contributed by atoms with Gasteiger partial charge in [0.15, 0.2) is 0 Å². The van der Waals surface area contributed by atoms with Gasteiger partial charge in [-0.15, -0.1) is 0 Å². The van der Waals surface area contributed by atoms with Crippen LogP contribution in [0.1, 0.15) is 53.4 Å². The molecule has 0 aromatic carbocycles. The summed E-state index contributed by atoms with van der Waals surface area (Å²) in [6, 6.07) is 0.429. The molecular formula is C16H29F2N. The number of likely N-dealkylation sites (tertiary alicyclic amines) is 1. The first-order valence-electron chi connectivity index (χ1n) is 7.91. The number of rotatable bonds is 4. The second-order valence-corrected chi connectivity index (χ2v) is 7.48. The number of piperidine rings is 1. The summed E-state index contributed by atoms with van der Waals surface area (Å²) in [5.74, 6) is -1.05. The van der Waals surface area contributed by atoms with Crippen LogP contribution >= 0.6 is 0 Å². The summed E-state index contributed by atoms with van der Waals surface area (Å²) < 4.78 is 28.4. The SMILES string of the molecule is CC(C)CC1CCN(C2CC(C(C)C)C2)CC1(F)F. The van der Waals surface area contributed by atoms with Crippen LogP contribution in [0.25, 0.3) is 0 Å². The van der Waals surface area contributed by atoms with Crippen LogP contribution in [0.3, 0.4) is 0 Å². The average molecular weight is 273 g/mol. The van der Waals surface area contributed by atoms with E-state index in [0.717, 1.165) is 25.3 Å². The van der Waals surface area contributed by atoms with Crippen molar-refractivity contribution in [1.82, 2.24) is 4.90 Å². The Hall–Kier alpha value is -0.180. The van der Waals surface area contributed by atoms with Crippen LogP contribution in [0.15, 0.2) is 0 Å². The van der Waals surface area contributed by atoms with Crippen LogP contribution in [-0.4, -0.2) is 30.0 Å². The topological polar surface area (TPSA) is 3.24 Å². The van der Waals surface area contributed by atoms with Crippen LogP contribution in [-0.2, 0) is 0 Å². The first-order chi connectivity index (χ1) is 8.79. The molecule has 0 radical (unpaired) electrons. The lowest BCUT2D eigenvalue weighted by Crippen LogP contribution is -2.56. The zero-order valence-corrected chi connectivity index (χ0v) is 12.8. The molecule has 2 aliphatic rings. The fourth-order valence-electron chi connectivity index (χ4n) is 3.66. The smallest absolute Gasteiger partial charge is 0.263 e. The molecule has 0 spiro atoms. The quantitative estimate of drug-likeness (QED) is 0.732. The van der Waals surface area contributed by atoms with E-state index in [4.69, 9.17) is 0 Å². The Morgan fingerprint density at radius 1 is 1.16 bits per heavy atom. The normalized spacial score (nSPS) is 35.7. The minimum Gasteiger partial charge on any atom is -0.294 e. The van der Waals surface area contributed by atoms with E-state index in [9.17, 15) is 8.78 Å². The lowest BCUT2D eigenvalue weighted by atomic mass is 9.72. The molecule has 1 aliphatic carbocycles. The lowest BCUT2D eigenvalue weighted by molar-refractivity contribution is -0.136. The van der Waals surface area contributed by atoms with Gasteiger partial charge in [-0.05, 0) is 50.0 Å². The van der Waals surface area contributed by atoms with Crippen molar-refractivity contribution in [2.24, 2.45) is 23.7 Å². The molecule has 1 unspecified atom stereocenters. The summed E-state index contributed by atoms with van der Waals surface area (Å²) in [6.07, 6.45) is 3.60. The van der Waals surface area contributed by atoms with Gasteiger partial charge in [0, 0.05) is 12.0 Å². The van der Waals surface area contributed by atoms with Gasteiger partial charge in [-0.1, -0.05) is 27.7 Å². The molecule has 0 aromatic rings. The number of hydrogen-bond donors (Lipinski definition) is 0. The van der Waals surface area contributed by atoms with E-state index in [-0.39, 0.29) is 6.54 Å². The molecule has 19 heavy (non-hydrogen) atoms. The predicted octanol–water partition coefficient (Wildman–Crippen LogP) is 4.42. The fourth-order valence-corrected chi connectivity index (χ4v) is 3.66. The Kier molecular flexibility index (Phi) is 4.54. The van der Waals surface area contributed by atoms with Crippen LogP contribution in [0, 0.1) is 23.7 Å². The van der Waals surface area contributed by atoms with Crippen LogP contribution < -0.4 is 0 Å². The first kappa shape index (κ1) is 15.2. The van der Waals surface area contributed by atoms with E-state index in [1.165, 1.54) is 0 Å². The molecule has 2 rings (SSSR count). The van der Waals surface area contributed by atoms with Gasteiger partial charge in [0.2, 0.25) is 0 Å². The summed E-state index contributed by atoms with van der Waals surface area (Å²) in [5.41, 5.74) is 0. The molecule has 0 amide bonds. The van der Waals surface area contributed by atoms with Gasteiger partial charge >= 0.3 is 0 Å². The maximum Gasteiger partial charge on any atom is 0.263 e. The minimum absolute atomic E-state index is 0.000130. The summed E-state index contributed by atoms with van der Waals surface area (Å²) in [7, 11) is 0. The van der Waals surface area contributed by atoms with Crippen LogP contribution in [0.4, 0.5) is 8.78 Å². The van der Waals surface area contributed by atoms with Gasteiger partial charge in [0.05, 0.1) is 6.54 Å². The minimum atomic E-state index is -2.48. The van der Waals surface area contributed by atoms with Crippen molar-refractivity contribution < 1.29 is 8.78 Å². The van der Waals surface area contributed by atoms with Gasteiger partial charge in [-0.3, -0.25) is 4.90 Å². The maximum absolute atomic E-state index is 14.2. The Balaban J connectivity index is 1.85. The van der Waals surface area contributed by atoms with Gasteiger partial charge in [-0.2, -0.15) is 0 Å². The monoisotopic (exact) mass is 273 g/mol. The molecule has 0 bridgehead atoms. The summed E-state index contributed by atoms with van der Waals surface area (Å²) in [5, 5.41) is 0. The number of alkyl halides is 2. The first-order valence-corrected chi connectivity index (χ1v) is 7.91. The van der Waals surface area contributed by atoms with Gasteiger partial charge in [0.25, 0.3) is 5.92 Å². The van der Waals surface area contributed by atoms with Gasteiger partial charge < -0.3 is 0 Å². The van der Waals surface area contributed by atoms with Crippen molar-refractivity contribution in [2.75, 3.05) is 13.1 Å². The second kappa shape index (κ2) is 5.67. The zero-order chi connectivity index (χ0) is 14.2. The highest BCUT2D eigenvalue weighted by atomic mass is 19.3. The van der Waals surface area contributed by atoms with Crippen LogP contribution in [0.5, 0.6) is 0 Å². The Labute approximate surface area is 116 Å². The van der Waals surface area contributed by atoms with Crippen molar-refractivity contribution in [3.63, 3.8) is 0 Å². The molecule has 1 nitrogen and oxygen atoms in total. The highest BCUT2D eigenvalue weighted by Crippen LogP contribution is 2.42. The van der Waals surface area contributed by atoms with Crippen molar-refractivity contribution >= 4 is 0 Å². The van der Waals surface area contributed by atoms with E-state index in [2.05, 4.69) is 18.7 Å². The molecule has 0 aromatic heterocycles. The maximum atomic E-state index is 14.2. The predicted molar refractivity (Wildman–Crippen MR) is 75.4 cm³/mol. The Morgan fingerprint density at radius 2 is 1.79 bits per heavy atom. The molecule has 1 atom stereocenters. The zero-order valence-electron chi connectivity index (χ0n) is 12.8. The summed E-state index contributed by atoms with van der Waals surface area (Å²) >= 11 is 0.